The number of alkyl halides is 3. The first kappa shape index (κ1) is 17.0. The average Bonchev–Trinajstić information content (AvgIpc) is 2.54. The molecule has 1 aromatic carbocycles. The predicted octanol–water partition coefficient (Wildman–Crippen LogP) is 5.13. The maximum Gasteiger partial charge on any atom is 0.416 e. The van der Waals surface area contributed by atoms with Crippen LogP contribution in [0.15, 0.2) is 36.4 Å². The van der Waals surface area contributed by atoms with Crippen LogP contribution in [0.4, 0.5) is 13.2 Å². The van der Waals surface area contributed by atoms with E-state index in [0.717, 1.165) is 23.4 Å². The Labute approximate surface area is 142 Å². The van der Waals surface area contributed by atoms with E-state index in [0.29, 0.717) is 36.4 Å². The van der Waals surface area contributed by atoms with E-state index in [1.165, 1.54) is 12.1 Å². The van der Waals surface area contributed by atoms with E-state index >= 15 is 0 Å². The van der Waals surface area contributed by atoms with Gasteiger partial charge >= 0.3 is 6.18 Å². The normalized spacial score (nSPS) is 17.7. The van der Waals surface area contributed by atoms with Crippen LogP contribution in [0.3, 0.4) is 0 Å². The number of hydrogen-bond acceptors (Lipinski definition) is 2. The molecule has 1 unspecified atom stereocenters. The highest BCUT2D eigenvalue weighted by Gasteiger charge is 2.30. The molecule has 1 aliphatic rings. The Morgan fingerprint density at radius 1 is 1.12 bits per heavy atom. The number of aromatic nitrogens is 1. The summed E-state index contributed by atoms with van der Waals surface area (Å²) >= 11 is 5.84. The van der Waals surface area contributed by atoms with Crippen molar-refractivity contribution in [2.45, 2.75) is 31.9 Å². The lowest BCUT2D eigenvalue weighted by Gasteiger charge is -2.22. The lowest BCUT2D eigenvalue weighted by molar-refractivity contribution is -0.137. The van der Waals surface area contributed by atoms with E-state index in [1.807, 2.05) is 0 Å². The molecule has 1 atom stereocenters. The lowest BCUT2D eigenvalue weighted by atomic mass is 9.82. The minimum atomic E-state index is -4.32. The molecule has 1 aliphatic carbocycles. The summed E-state index contributed by atoms with van der Waals surface area (Å²) in [6.45, 7) is 0. The molecular weight excluding hydrogens is 339 g/mol. The maximum atomic E-state index is 12.6. The highest BCUT2D eigenvalue weighted by molar-refractivity contribution is 6.29. The number of halogens is 4. The summed E-state index contributed by atoms with van der Waals surface area (Å²) in [6.07, 6.45) is -1.74. The number of aryl methyl sites for hydroxylation is 2. The van der Waals surface area contributed by atoms with E-state index in [4.69, 9.17) is 11.6 Å². The second kappa shape index (κ2) is 6.55. The third kappa shape index (κ3) is 3.61. The molecule has 2 nitrogen and oxygen atoms in total. The summed E-state index contributed by atoms with van der Waals surface area (Å²) in [5.74, 6) is -0.0740. The Morgan fingerprint density at radius 3 is 2.50 bits per heavy atom. The Hall–Kier alpha value is -1.88. The van der Waals surface area contributed by atoms with Crippen LogP contribution in [-0.2, 0) is 19.0 Å². The summed E-state index contributed by atoms with van der Waals surface area (Å²) in [5.41, 5.74) is 1.49. The Morgan fingerprint density at radius 2 is 1.83 bits per heavy atom. The summed E-state index contributed by atoms with van der Waals surface area (Å²) < 4.78 is 37.7. The molecule has 0 radical (unpaired) electrons. The molecule has 6 heteroatoms. The minimum absolute atomic E-state index is 0.0485. The number of nitrogens with zero attached hydrogens (tertiary/aromatic N) is 1. The van der Waals surface area contributed by atoms with Crippen LogP contribution in [0.1, 0.15) is 40.0 Å². The summed E-state index contributed by atoms with van der Waals surface area (Å²) in [4.78, 5) is 16.7. The van der Waals surface area contributed by atoms with Crippen LogP contribution in [-0.4, -0.2) is 10.8 Å². The van der Waals surface area contributed by atoms with E-state index in [-0.39, 0.29) is 11.7 Å². The van der Waals surface area contributed by atoms with Crippen LogP contribution in [0, 0.1) is 5.92 Å². The fraction of sp³-hybridized carbons (Fsp3) is 0.333. The first-order chi connectivity index (χ1) is 11.3. The van der Waals surface area contributed by atoms with Crippen LogP contribution in [0.2, 0.25) is 5.15 Å². The fourth-order valence-electron chi connectivity index (χ4n) is 3.03. The van der Waals surface area contributed by atoms with Gasteiger partial charge in [0.25, 0.3) is 0 Å². The smallest absolute Gasteiger partial charge is 0.294 e. The molecule has 0 bridgehead atoms. The first-order valence-corrected chi connectivity index (χ1v) is 8.08. The minimum Gasteiger partial charge on any atom is -0.294 e. The van der Waals surface area contributed by atoms with Gasteiger partial charge in [0.15, 0.2) is 5.78 Å². The number of fused-ring (bicyclic) bond motifs is 1. The number of ketones is 1. The largest absolute Gasteiger partial charge is 0.416 e. The van der Waals surface area contributed by atoms with E-state index in [9.17, 15) is 18.0 Å². The number of carbonyl (C=O) groups excluding carboxylic acids is 1. The molecular formula is C18H15ClF3NO. The van der Waals surface area contributed by atoms with Crippen molar-refractivity contribution in [2.24, 2.45) is 5.92 Å². The van der Waals surface area contributed by atoms with Gasteiger partial charge in [0.05, 0.1) is 11.3 Å². The maximum absolute atomic E-state index is 12.6. The van der Waals surface area contributed by atoms with Crippen LogP contribution in [0.25, 0.3) is 0 Å². The van der Waals surface area contributed by atoms with Gasteiger partial charge in [-0.15, -0.1) is 0 Å². The van der Waals surface area contributed by atoms with Crippen molar-refractivity contribution in [3.05, 3.63) is 63.9 Å². The number of hydrogen-bond donors (Lipinski definition) is 0. The molecule has 3 rings (SSSR count). The van der Waals surface area contributed by atoms with Crippen LogP contribution < -0.4 is 0 Å². The van der Waals surface area contributed by atoms with Crippen molar-refractivity contribution < 1.29 is 18.0 Å². The molecule has 1 heterocycles. The fourth-order valence-corrected chi connectivity index (χ4v) is 3.19. The molecule has 0 saturated heterocycles. The standard InChI is InChI=1S/C18H15ClF3NO/c19-16-10-8-14-15(23-16)9-5-12(17(14)24)4-1-11-2-6-13(7-3-11)18(20,21)22/h2-3,6-8,10,12H,1,4-5,9H2. The number of carbonyl (C=O) groups is 1. The van der Waals surface area contributed by atoms with Crippen molar-refractivity contribution in [2.75, 3.05) is 0 Å². The van der Waals surface area contributed by atoms with Gasteiger partial charge in [-0.3, -0.25) is 4.79 Å². The topological polar surface area (TPSA) is 30.0 Å². The Bertz CT molecular complexity index is 756. The zero-order valence-electron chi connectivity index (χ0n) is 12.7. The highest BCUT2D eigenvalue weighted by Crippen LogP contribution is 2.31. The third-order valence-corrected chi connectivity index (χ3v) is 4.58. The number of rotatable bonds is 3. The van der Waals surface area contributed by atoms with Gasteiger partial charge < -0.3 is 0 Å². The second-order valence-electron chi connectivity index (χ2n) is 5.96. The van der Waals surface area contributed by atoms with Crippen LogP contribution in [0.5, 0.6) is 0 Å². The summed E-state index contributed by atoms with van der Waals surface area (Å²) in [5, 5.41) is 0.379. The lowest BCUT2D eigenvalue weighted by Crippen LogP contribution is -2.24. The SMILES string of the molecule is O=C1c2ccc(Cl)nc2CCC1CCc1ccc(C(F)(F)F)cc1. The van der Waals surface area contributed by atoms with E-state index < -0.39 is 11.7 Å². The second-order valence-corrected chi connectivity index (χ2v) is 6.35. The van der Waals surface area contributed by atoms with Gasteiger partial charge in [-0.2, -0.15) is 13.2 Å². The Kier molecular flexibility index (Phi) is 4.63. The van der Waals surface area contributed by atoms with Crippen molar-refractivity contribution >= 4 is 17.4 Å². The van der Waals surface area contributed by atoms with Crippen molar-refractivity contribution in [3.8, 4) is 0 Å². The molecule has 0 fully saturated rings. The monoisotopic (exact) mass is 353 g/mol. The average molecular weight is 354 g/mol. The highest BCUT2D eigenvalue weighted by atomic mass is 35.5. The first-order valence-electron chi connectivity index (χ1n) is 7.70. The summed E-state index contributed by atoms with van der Waals surface area (Å²) in [6, 6.07) is 8.43. The molecule has 24 heavy (non-hydrogen) atoms. The van der Waals surface area contributed by atoms with Gasteiger partial charge in [0, 0.05) is 11.5 Å². The number of benzene rings is 1. The molecule has 2 aromatic rings. The van der Waals surface area contributed by atoms with E-state index in [2.05, 4.69) is 4.98 Å². The van der Waals surface area contributed by atoms with Gasteiger partial charge in [-0.25, -0.2) is 4.98 Å². The molecule has 0 amide bonds. The zero-order valence-corrected chi connectivity index (χ0v) is 13.5. The quantitative estimate of drug-likeness (QED) is 0.716. The summed E-state index contributed by atoms with van der Waals surface area (Å²) in [7, 11) is 0. The van der Waals surface area contributed by atoms with Gasteiger partial charge in [0.1, 0.15) is 5.15 Å². The molecule has 126 valence electrons. The molecule has 1 aromatic heterocycles. The predicted molar refractivity (Wildman–Crippen MR) is 85.2 cm³/mol. The van der Waals surface area contributed by atoms with Crippen LogP contribution >= 0.6 is 11.6 Å². The number of Topliss-reactive ketones (excluding diaryl/α,β-unsaturated/α-hetero) is 1. The van der Waals surface area contributed by atoms with Gasteiger partial charge in [-0.05, 0) is 55.5 Å². The third-order valence-electron chi connectivity index (χ3n) is 4.37. The molecule has 0 N–H and O–H groups in total. The molecule has 0 saturated carbocycles. The van der Waals surface area contributed by atoms with E-state index in [1.54, 1.807) is 12.1 Å². The van der Waals surface area contributed by atoms with Crippen molar-refractivity contribution in [1.29, 1.82) is 0 Å². The van der Waals surface area contributed by atoms with Crippen molar-refractivity contribution in [3.63, 3.8) is 0 Å². The zero-order chi connectivity index (χ0) is 17.3. The van der Waals surface area contributed by atoms with Gasteiger partial charge in [0.2, 0.25) is 0 Å². The van der Waals surface area contributed by atoms with Gasteiger partial charge in [-0.1, -0.05) is 23.7 Å². The molecule has 0 spiro atoms. The van der Waals surface area contributed by atoms with Crippen molar-refractivity contribution in [1.82, 2.24) is 4.98 Å². The Balaban J connectivity index is 1.65. The molecule has 0 aliphatic heterocycles. The number of pyridine rings is 1.